The third-order valence-corrected chi connectivity index (χ3v) is 5.67. The summed E-state index contributed by atoms with van der Waals surface area (Å²) in [5, 5.41) is 2.26. The van der Waals surface area contributed by atoms with Gasteiger partial charge in [-0.05, 0) is 23.8 Å². The molecule has 0 fully saturated rings. The first-order chi connectivity index (χ1) is 10.4. The molecular formula is C15H14N2O3S2. The third kappa shape index (κ3) is 3.11. The lowest BCUT2D eigenvalue weighted by Crippen LogP contribution is -2.32. The zero-order chi connectivity index (χ0) is 15.7. The Labute approximate surface area is 131 Å². The quantitative estimate of drug-likeness (QED) is 0.747. The molecule has 1 amide bonds. The minimum Gasteiger partial charge on any atom is -0.369 e. The van der Waals surface area contributed by atoms with Crippen LogP contribution in [0.4, 0.5) is 0 Å². The summed E-state index contributed by atoms with van der Waals surface area (Å²) in [6, 6.07) is 13.9. The molecule has 0 unspecified atom stereocenters. The Morgan fingerprint density at radius 3 is 2.59 bits per heavy atom. The van der Waals surface area contributed by atoms with Crippen LogP contribution in [0, 0.1) is 0 Å². The number of thiophene rings is 1. The Kier molecular flexibility index (Phi) is 3.86. The number of hydrogen-bond donors (Lipinski definition) is 2. The summed E-state index contributed by atoms with van der Waals surface area (Å²) in [5.74, 6) is -1.57. The average molecular weight is 334 g/mol. The molecule has 3 rings (SSSR count). The van der Waals surface area contributed by atoms with Gasteiger partial charge in [0, 0.05) is 26.7 Å². The van der Waals surface area contributed by atoms with Gasteiger partial charge < -0.3 is 5.73 Å². The Bertz CT molecular complexity index is 961. The molecule has 0 spiro atoms. The summed E-state index contributed by atoms with van der Waals surface area (Å²) >= 11 is 1.70. The fraction of sp³-hybridized carbons (Fsp3) is 0.133. The van der Waals surface area contributed by atoms with Crippen LogP contribution in [0.3, 0.4) is 0 Å². The van der Waals surface area contributed by atoms with Gasteiger partial charge in [0.25, 0.3) is 0 Å². The van der Waals surface area contributed by atoms with E-state index in [2.05, 4.69) is 16.9 Å². The molecule has 0 saturated carbocycles. The number of amides is 1. The predicted molar refractivity (Wildman–Crippen MR) is 89.2 cm³/mol. The van der Waals surface area contributed by atoms with Gasteiger partial charge in [0.05, 0.1) is 0 Å². The Balaban J connectivity index is 1.89. The summed E-state index contributed by atoms with van der Waals surface area (Å²) in [6.07, 6.45) is 0. The molecule has 3 N–H and O–H groups in total. The number of benzene rings is 2. The summed E-state index contributed by atoms with van der Waals surface area (Å²) in [7, 11) is -3.68. The zero-order valence-electron chi connectivity index (χ0n) is 11.6. The van der Waals surface area contributed by atoms with Gasteiger partial charge in [-0.1, -0.05) is 24.3 Å². The average Bonchev–Trinajstić information content (AvgIpc) is 2.82. The van der Waals surface area contributed by atoms with Gasteiger partial charge in [0.1, 0.15) is 5.75 Å². The second-order valence-electron chi connectivity index (χ2n) is 4.98. The molecule has 3 aromatic rings. The van der Waals surface area contributed by atoms with E-state index in [-0.39, 0.29) is 6.54 Å². The van der Waals surface area contributed by atoms with Crippen molar-refractivity contribution in [1.82, 2.24) is 4.72 Å². The minimum absolute atomic E-state index is 0.135. The normalized spacial score (nSPS) is 12.0. The number of nitrogens with one attached hydrogen (secondary N) is 1. The molecule has 1 heterocycles. The van der Waals surface area contributed by atoms with Gasteiger partial charge in [0.2, 0.25) is 15.9 Å². The van der Waals surface area contributed by atoms with Crippen LogP contribution in [-0.4, -0.2) is 20.1 Å². The van der Waals surface area contributed by atoms with Crippen LogP contribution in [0.5, 0.6) is 0 Å². The Morgan fingerprint density at radius 2 is 1.82 bits per heavy atom. The lowest BCUT2D eigenvalue weighted by Gasteiger charge is -2.05. The molecular weight excluding hydrogens is 320 g/mol. The molecule has 0 bridgehead atoms. The Morgan fingerprint density at radius 1 is 1.09 bits per heavy atom. The van der Waals surface area contributed by atoms with Crippen LogP contribution in [0.1, 0.15) is 5.56 Å². The van der Waals surface area contributed by atoms with Gasteiger partial charge in [-0.15, -0.1) is 11.3 Å². The molecule has 22 heavy (non-hydrogen) atoms. The SMILES string of the molecule is NC(=O)CS(=O)(=O)NCc1ccc2sc3ccccc3c2c1. The van der Waals surface area contributed by atoms with Gasteiger partial charge in [0.15, 0.2) is 0 Å². The predicted octanol–water partition coefficient (Wildman–Crippen LogP) is 1.96. The molecule has 0 atom stereocenters. The summed E-state index contributed by atoms with van der Waals surface area (Å²) in [4.78, 5) is 10.7. The fourth-order valence-corrected chi connectivity index (χ4v) is 4.26. The maximum Gasteiger partial charge on any atom is 0.234 e. The van der Waals surface area contributed by atoms with Crippen molar-refractivity contribution < 1.29 is 13.2 Å². The molecule has 0 aliphatic heterocycles. The van der Waals surface area contributed by atoms with Gasteiger partial charge in [-0.2, -0.15) is 0 Å². The van der Waals surface area contributed by atoms with E-state index in [1.807, 2.05) is 30.3 Å². The maximum absolute atomic E-state index is 11.6. The number of primary amides is 1. The third-order valence-electron chi connectivity index (χ3n) is 3.27. The van der Waals surface area contributed by atoms with Crippen LogP contribution < -0.4 is 10.5 Å². The Hall–Kier alpha value is -1.96. The maximum atomic E-state index is 11.6. The number of sulfonamides is 1. The van der Waals surface area contributed by atoms with Crippen molar-refractivity contribution in [3.8, 4) is 0 Å². The number of hydrogen-bond acceptors (Lipinski definition) is 4. The molecule has 0 aliphatic rings. The van der Waals surface area contributed by atoms with Gasteiger partial charge >= 0.3 is 0 Å². The van der Waals surface area contributed by atoms with Crippen molar-refractivity contribution in [2.24, 2.45) is 5.73 Å². The summed E-state index contributed by atoms with van der Waals surface area (Å²) < 4.78 is 28.0. The van der Waals surface area contributed by atoms with Crippen LogP contribution >= 0.6 is 11.3 Å². The van der Waals surface area contributed by atoms with Crippen molar-refractivity contribution >= 4 is 47.4 Å². The highest BCUT2D eigenvalue weighted by Crippen LogP contribution is 2.33. The van der Waals surface area contributed by atoms with Crippen LogP contribution in [-0.2, 0) is 21.4 Å². The first kappa shape index (κ1) is 15.0. The molecule has 0 aliphatic carbocycles. The number of fused-ring (bicyclic) bond motifs is 3. The molecule has 2 aromatic carbocycles. The first-order valence-corrected chi connectivity index (χ1v) is 9.07. The van der Waals surface area contributed by atoms with Crippen LogP contribution in [0.15, 0.2) is 42.5 Å². The highest BCUT2D eigenvalue weighted by atomic mass is 32.2. The smallest absolute Gasteiger partial charge is 0.234 e. The van der Waals surface area contributed by atoms with E-state index in [4.69, 9.17) is 5.73 Å². The highest BCUT2D eigenvalue weighted by molar-refractivity contribution is 7.90. The second-order valence-corrected chi connectivity index (χ2v) is 7.87. The lowest BCUT2D eigenvalue weighted by atomic mass is 10.1. The van der Waals surface area contributed by atoms with E-state index in [0.29, 0.717) is 0 Å². The van der Waals surface area contributed by atoms with Gasteiger partial charge in [-0.25, -0.2) is 13.1 Å². The van der Waals surface area contributed by atoms with Crippen LogP contribution in [0.25, 0.3) is 20.2 Å². The fourth-order valence-electron chi connectivity index (χ4n) is 2.31. The number of carbonyl (C=O) groups excluding carboxylic acids is 1. The van der Waals surface area contributed by atoms with E-state index in [9.17, 15) is 13.2 Å². The highest BCUT2D eigenvalue weighted by Gasteiger charge is 2.14. The lowest BCUT2D eigenvalue weighted by molar-refractivity contribution is -0.115. The zero-order valence-corrected chi connectivity index (χ0v) is 13.2. The van der Waals surface area contributed by atoms with E-state index in [1.54, 1.807) is 11.3 Å². The topological polar surface area (TPSA) is 89.3 Å². The first-order valence-electron chi connectivity index (χ1n) is 6.60. The van der Waals surface area contributed by atoms with Crippen molar-refractivity contribution in [2.45, 2.75) is 6.54 Å². The molecule has 114 valence electrons. The summed E-state index contributed by atoms with van der Waals surface area (Å²) in [5.41, 5.74) is 5.75. The van der Waals surface area contributed by atoms with Gasteiger partial charge in [-0.3, -0.25) is 4.79 Å². The largest absolute Gasteiger partial charge is 0.369 e. The number of nitrogens with two attached hydrogens (primary N) is 1. The van der Waals surface area contributed by atoms with E-state index in [0.717, 1.165) is 21.0 Å². The van der Waals surface area contributed by atoms with Crippen molar-refractivity contribution in [2.75, 3.05) is 5.75 Å². The van der Waals surface area contributed by atoms with E-state index < -0.39 is 21.7 Å². The van der Waals surface area contributed by atoms with E-state index >= 15 is 0 Å². The van der Waals surface area contributed by atoms with Crippen molar-refractivity contribution in [3.05, 3.63) is 48.0 Å². The number of carbonyl (C=O) groups is 1. The molecule has 1 aromatic heterocycles. The molecule has 5 nitrogen and oxygen atoms in total. The van der Waals surface area contributed by atoms with Crippen LogP contribution in [0.2, 0.25) is 0 Å². The minimum atomic E-state index is -3.68. The number of rotatable bonds is 5. The molecule has 0 saturated heterocycles. The molecule has 0 radical (unpaired) electrons. The summed E-state index contributed by atoms with van der Waals surface area (Å²) in [6.45, 7) is 0.135. The van der Waals surface area contributed by atoms with Crippen molar-refractivity contribution in [3.63, 3.8) is 0 Å². The monoisotopic (exact) mass is 334 g/mol. The molecule has 7 heteroatoms. The van der Waals surface area contributed by atoms with Crippen molar-refractivity contribution in [1.29, 1.82) is 0 Å². The van der Waals surface area contributed by atoms with E-state index in [1.165, 1.54) is 4.70 Å². The standard InChI is InChI=1S/C15H14N2O3S2/c16-15(18)9-22(19,20)17-8-10-5-6-14-12(7-10)11-3-1-2-4-13(11)21-14/h1-7,17H,8-9H2,(H2,16,18). The second kappa shape index (κ2) is 5.68.